The number of para-hydroxylation sites is 2. The Kier molecular flexibility index (Phi) is 4.08. The molecule has 0 fully saturated rings. The van der Waals surface area contributed by atoms with E-state index >= 15 is 0 Å². The number of hydrogen-bond acceptors (Lipinski definition) is 3. The number of aliphatic carboxylic acids is 1. The third kappa shape index (κ3) is 2.90. The zero-order valence-electron chi connectivity index (χ0n) is 13.9. The molecule has 0 saturated heterocycles. The average molecular weight is 350 g/mol. The highest BCUT2D eigenvalue weighted by Crippen LogP contribution is 2.33. The first-order chi connectivity index (χ1) is 12.6. The van der Waals surface area contributed by atoms with Crippen LogP contribution in [0.2, 0.25) is 0 Å². The van der Waals surface area contributed by atoms with Crippen LogP contribution in [0.3, 0.4) is 0 Å². The first-order valence-electron chi connectivity index (χ1n) is 8.43. The van der Waals surface area contributed by atoms with Gasteiger partial charge in [0.2, 0.25) is 5.91 Å². The highest BCUT2D eigenvalue weighted by atomic mass is 16.5. The number of H-pyrrole nitrogens is 1. The molecule has 2 heterocycles. The molecule has 0 spiro atoms. The van der Waals surface area contributed by atoms with E-state index in [0.717, 1.165) is 22.0 Å². The second-order valence-corrected chi connectivity index (χ2v) is 6.36. The molecule has 0 unspecified atom stereocenters. The van der Waals surface area contributed by atoms with E-state index in [1.54, 1.807) is 6.20 Å². The molecular weight excluding hydrogens is 332 g/mol. The summed E-state index contributed by atoms with van der Waals surface area (Å²) < 4.78 is 5.52. The van der Waals surface area contributed by atoms with Crippen LogP contribution in [0.25, 0.3) is 10.9 Å². The SMILES string of the molecule is O=C(O)[C@@H](Cc1c[nH]c2ccccc12)NC(=O)[C@@H]1COc2ccccc21. The Labute approximate surface area is 149 Å². The van der Waals surface area contributed by atoms with Crippen molar-refractivity contribution in [2.75, 3.05) is 6.61 Å². The minimum Gasteiger partial charge on any atom is -0.492 e. The summed E-state index contributed by atoms with van der Waals surface area (Å²) in [5.74, 6) is -1.20. The molecule has 4 rings (SSSR count). The quantitative estimate of drug-likeness (QED) is 0.659. The number of hydrogen-bond donors (Lipinski definition) is 3. The summed E-state index contributed by atoms with van der Waals surface area (Å²) in [5, 5.41) is 13.2. The number of carboxylic acid groups (broad SMARTS) is 1. The normalized spacial score (nSPS) is 16.7. The van der Waals surface area contributed by atoms with Gasteiger partial charge >= 0.3 is 5.97 Å². The Balaban J connectivity index is 1.53. The predicted molar refractivity (Wildman–Crippen MR) is 96.2 cm³/mol. The van der Waals surface area contributed by atoms with E-state index in [-0.39, 0.29) is 18.9 Å². The predicted octanol–water partition coefficient (Wildman–Crippen LogP) is 2.46. The van der Waals surface area contributed by atoms with Crippen LogP contribution in [-0.4, -0.2) is 34.6 Å². The molecule has 132 valence electrons. The maximum Gasteiger partial charge on any atom is 0.326 e. The zero-order chi connectivity index (χ0) is 18.1. The van der Waals surface area contributed by atoms with Gasteiger partial charge in [-0.3, -0.25) is 4.79 Å². The fourth-order valence-corrected chi connectivity index (χ4v) is 3.37. The standard InChI is InChI=1S/C20H18N2O4/c23-19(15-11-26-18-8-4-2-6-14(15)18)22-17(20(24)25)9-12-10-21-16-7-3-1-5-13(12)16/h1-8,10,15,17,21H,9,11H2,(H,22,23)(H,24,25)/t15-,17-/m1/s1. The van der Waals surface area contributed by atoms with Crippen LogP contribution in [0.4, 0.5) is 0 Å². The lowest BCUT2D eigenvalue weighted by atomic mass is 9.99. The number of nitrogens with one attached hydrogen (secondary N) is 2. The first kappa shape index (κ1) is 16.2. The molecule has 1 aliphatic heterocycles. The molecule has 26 heavy (non-hydrogen) atoms. The van der Waals surface area contributed by atoms with Gasteiger partial charge in [0, 0.05) is 29.1 Å². The average Bonchev–Trinajstić information content (AvgIpc) is 3.25. The zero-order valence-corrected chi connectivity index (χ0v) is 13.9. The molecule has 6 heteroatoms. The lowest BCUT2D eigenvalue weighted by Gasteiger charge is -2.17. The van der Waals surface area contributed by atoms with Crippen molar-refractivity contribution < 1.29 is 19.4 Å². The Morgan fingerprint density at radius 2 is 1.96 bits per heavy atom. The van der Waals surface area contributed by atoms with Gasteiger partial charge in [0.05, 0.1) is 0 Å². The lowest BCUT2D eigenvalue weighted by molar-refractivity contribution is -0.142. The van der Waals surface area contributed by atoms with Crippen molar-refractivity contribution in [1.29, 1.82) is 0 Å². The topological polar surface area (TPSA) is 91.4 Å². The molecule has 1 amide bonds. The van der Waals surface area contributed by atoms with Gasteiger partial charge in [-0.05, 0) is 17.7 Å². The monoisotopic (exact) mass is 350 g/mol. The number of rotatable bonds is 5. The van der Waals surface area contributed by atoms with E-state index in [0.29, 0.717) is 5.75 Å². The van der Waals surface area contributed by atoms with Crippen LogP contribution in [0.5, 0.6) is 5.75 Å². The van der Waals surface area contributed by atoms with Crippen LogP contribution in [-0.2, 0) is 16.0 Å². The molecule has 0 bridgehead atoms. The van der Waals surface area contributed by atoms with Crippen molar-refractivity contribution in [1.82, 2.24) is 10.3 Å². The van der Waals surface area contributed by atoms with Crippen molar-refractivity contribution in [3.8, 4) is 5.75 Å². The maximum absolute atomic E-state index is 12.7. The van der Waals surface area contributed by atoms with Crippen molar-refractivity contribution in [3.05, 3.63) is 65.9 Å². The van der Waals surface area contributed by atoms with Crippen LogP contribution >= 0.6 is 0 Å². The highest BCUT2D eigenvalue weighted by Gasteiger charge is 2.32. The largest absolute Gasteiger partial charge is 0.492 e. The van der Waals surface area contributed by atoms with Crippen molar-refractivity contribution in [2.45, 2.75) is 18.4 Å². The van der Waals surface area contributed by atoms with Gasteiger partial charge in [-0.2, -0.15) is 0 Å². The molecule has 0 aliphatic carbocycles. The summed E-state index contributed by atoms with van der Waals surface area (Å²) in [4.78, 5) is 27.5. The Morgan fingerprint density at radius 3 is 2.81 bits per heavy atom. The maximum atomic E-state index is 12.7. The fourth-order valence-electron chi connectivity index (χ4n) is 3.37. The number of fused-ring (bicyclic) bond motifs is 2. The number of carbonyl (C=O) groups is 2. The van der Waals surface area contributed by atoms with E-state index in [1.807, 2.05) is 48.5 Å². The minimum atomic E-state index is -1.06. The third-order valence-electron chi connectivity index (χ3n) is 4.73. The summed E-state index contributed by atoms with van der Waals surface area (Å²) in [7, 11) is 0. The Bertz CT molecular complexity index is 979. The molecule has 1 aromatic heterocycles. The Hall–Kier alpha value is -3.28. The molecule has 0 radical (unpaired) electrons. The summed E-state index contributed by atoms with van der Waals surface area (Å²) in [6.07, 6.45) is 2.00. The molecule has 3 N–H and O–H groups in total. The summed E-state index contributed by atoms with van der Waals surface area (Å²) >= 11 is 0. The number of aromatic amines is 1. The van der Waals surface area contributed by atoms with E-state index in [1.165, 1.54) is 0 Å². The fraction of sp³-hybridized carbons (Fsp3) is 0.200. The van der Waals surface area contributed by atoms with Crippen LogP contribution < -0.4 is 10.1 Å². The molecule has 3 aromatic rings. The number of ether oxygens (including phenoxy) is 1. The summed E-state index contributed by atoms with van der Waals surface area (Å²) in [6, 6.07) is 14.0. The van der Waals surface area contributed by atoms with Gasteiger partial charge in [0.25, 0.3) is 0 Å². The van der Waals surface area contributed by atoms with Crippen LogP contribution in [0.1, 0.15) is 17.0 Å². The smallest absolute Gasteiger partial charge is 0.326 e. The first-order valence-corrected chi connectivity index (χ1v) is 8.43. The number of carbonyl (C=O) groups excluding carboxylic acids is 1. The van der Waals surface area contributed by atoms with Crippen LogP contribution in [0, 0.1) is 0 Å². The summed E-state index contributed by atoms with van der Waals surface area (Å²) in [6.45, 7) is 0.227. The van der Waals surface area contributed by atoms with Crippen molar-refractivity contribution >= 4 is 22.8 Å². The molecule has 0 saturated carbocycles. The van der Waals surface area contributed by atoms with Gasteiger partial charge in [-0.25, -0.2) is 4.79 Å². The third-order valence-corrected chi connectivity index (χ3v) is 4.73. The van der Waals surface area contributed by atoms with Gasteiger partial charge < -0.3 is 20.1 Å². The second-order valence-electron chi connectivity index (χ2n) is 6.36. The molecule has 2 aromatic carbocycles. The lowest BCUT2D eigenvalue weighted by Crippen LogP contribution is -2.44. The van der Waals surface area contributed by atoms with Gasteiger partial charge in [0.1, 0.15) is 24.3 Å². The van der Waals surface area contributed by atoms with E-state index in [9.17, 15) is 14.7 Å². The van der Waals surface area contributed by atoms with E-state index in [2.05, 4.69) is 10.3 Å². The van der Waals surface area contributed by atoms with Gasteiger partial charge in [-0.1, -0.05) is 36.4 Å². The van der Waals surface area contributed by atoms with Gasteiger partial charge in [-0.15, -0.1) is 0 Å². The highest BCUT2D eigenvalue weighted by molar-refractivity contribution is 5.90. The van der Waals surface area contributed by atoms with E-state index in [4.69, 9.17) is 4.74 Å². The molecule has 2 atom stereocenters. The van der Waals surface area contributed by atoms with Crippen molar-refractivity contribution in [2.24, 2.45) is 0 Å². The summed E-state index contributed by atoms with van der Waals surface area (Å²) in [5.41, 5.74) is 2.59. The second kappa shape index (κ2) is 6.55. The van der Waals surface area contributed by atoms with E-state index < -0.39 is 17.9 Å². The number of amides is 1. The van der Waals surface area contributed by atoms with Crippen molar-refractivity contribution in [3.63, 3.8) is 0 Å². The van der Waals surface area contributed by atoms with Crippen LogP contribution in [0.15, 0.2) is 54.7 Å². The molecular formula is C20H18N2O4. The number of carboxylic acids is 1. The molecule has 1 aliphatic rings. The Morgan fingerprint density at radius 1 is 1.19 bits per heavy atom. The molecule has 6 nitrogen and oxygen atoms in total. The minimum absolute atomic E-state index is 0.209. The number of aromatic nitrogens is 1. The number of benzene rings is 2. The van der Waals surface area contributed by atoms with Gasteiger partial charge in [0.15, 0.2) is 0 Å².